The van der Waals surface area contributed by atoms with E-state index in [4.69, 9.17) is 23.2 Å². The molecular weight excluding hydrogens is 501 g/mol. The van der Waals surface area contributed by atoms with Gasteiger partial charge in [-0.2, -0.15) is 0 Å². The van der Waals surface area contributed by atoms with E-state index in [9.17, 15) is 9.59 Å². The maximum atomic E-state index is 13.5. The van der Waals surface area contributed by atoms with Crippen molar-refractivity contribution in [2.45, 2.75) is 25.6 Å². The van der Waals surface area contributed by atoms with Crippen LogP contribution in [0.5, 0.6) is 0 Å². The number of alkyl halides is 2. The molecule has 2 amide bonds. The van der Waals surface area contributed by atoms with Crippen LogP contribution in [0.25, 0.3) is 11.2 Å². The molecule has 0 fully saturated rings. The number of hydrogen-bond acceptors (Lipinski definition) is 5. The Morgan fingerprint density at radius 2 is 1.46 bits per heavy atom. The first-order valence-electron chi connectivity index (χ1n) is 11.2. The van der Waals surface area contributed by atoms with Gasteiger partial charge in [0.05, 0.1) is 14.4 Å². The van der Waals surface area contributed by atoms with E-state index in [1.165, 1.54) is 6.33 Å². The highest BCUT2D eigenvalue weighted by Gasteiger charge is 2.30. The second kappa shape index (κ2) is 11.1. The molecule has 35 heavy (non-hydrogen) atoms. The lowest BCUT2D eigenvalue weighted by Gasteiger charge is -2.21. The van der Waals surface area contributed by atoms with E-state index in [2.05, 4.69) is 21.5 Å². The van der Waals surface area contributed by atoms with Crippen LogP contribution in [-0.2, 0) is 6.54 Å². The van der Waals surface area contributed by atoms with E-state index >= 15 is 0 Å². The van der Waals surface area contributed by atoms with Crippen LogP contribution in [0, 0.1) is 0 Å². The molecule has 0 bridgehead atoms. The third-order valence-electron chi connectivity index (χ3n) is 5.87. The Morgan fingerprint density at radius 1 is 0.886 bits per heavy atom. The Hall–Kier alpha value is -3.07. The summed E-state index contributed by atoms with van der Waals surface area (Å²) in [5.41, 5.74) is 2.92. The maximum Gasteiger partial charge on any atom is 0.266 e. The highest BCUT2D eigenvalue weighted by atomic mass is 35.5. The van der Waals surface area contributed by atoms with E-state index in [1.807, 2.05) is 16.7 Å². The molecule has 180 valence electrons. The van der Waals surface area contributed by atoms with E-state index in [0.29, 0.717) is 39.8 Å². The highest BCUT2D eigenvalue weighted by molar-refractivity contribution is 6.88. The predicted molar refractivity (Wildman–Crippen MR) is 142 cm³/mol. The highest BCUT2D eigenvalue weighted by Crippen LogP contribution is 2.26. The van der Waals surface area contributed by atoms with Gasteiger partial charge in [0.25, 0.3) is 11.8 Å². The number of benzene rings is 2. The van der Waals surface area contributed by atoms with Crippen molar-refractivity contribution in [1.82, 2.24) is 19.5 Å². The molecule has 10 heteroatoms. The number of fused-ring (bicyclic) bond motifs is 1. The molecule has 4 rings (SSSR count). The fourth-order valence-corrected chi connectivity index (χ4v) is 6.75. The zero-order chi connectivity index (χ0) is 24.8. The van der Waals surface area contributed by atoms with Crippen LogP contribution in [0.4, 0.5) is 5.82 Å². The Balaban J connectivity index is 1.71. The molecule has 4 aromatic rings. The van der Waals surface area contributed by atoms with Crippen molar-refractivity contribution < 1.29 is 9.59 Å². The second-order valence-electron chi connectivity index (χ2n) is 8.67. The molecular formula is C25H25Cl2N5O2Si. The summed E-state index contributed by atoms with van der Waals surface area (Å²) in [5.74, 6) is -0.822. The van der Waals surface area contributed by atoms with Gasteiger partial charge in [0, 0.05) is 28.7 Å². The summed E-state index contributed by atoms with van der Waals surface area (Å²) in [7, 11) is -1.67. The number of aryl methyl sites for hydroxylation is 1. The van der Waals surface area contributed by atoms with Crippen molar-refractivity contribution >= 4 is 60.1 Å². The third-order valence-corrected chi connectivity index (χ3v) is 12.6. The number of anilines is 1. The zero-order valence-corrected chi connectivity index (χ0v) is 21.8. The second-order valence-corrected chi connectivity index (χ2v) is 14.9. The number of hydrogen-bond donors (Lipinski definition) is 0. The Kier molecular flexibility index (Phi) is 7.95. The van der Waals surface area contributed by atoms with Crippen LogP contribution in [-0.4, -0.2) is 50.4 Å². The van der Waals surface area contributed by atoms with Gasteiger partial charge in [-0.05, 0) is 30.7 Å². The van der Waals surface area contributed by atoms with Gasteiger partial charge in [0.15, 0.2) is 17.0 Å². The molecule has 0 aliphatic carbocycles. The van der Waals surface area contributed by atoms with Crippen LogP contribution in [0.15, 0.2) is 73.3 Å². The number of amides is 2. The van der Waals surface area contributed by atoms with Crippen LogP contribution in [0.3, 0.4) is 0 Å². The normalized spacial score (nSPS) is 11.5. The smallest absolute Gasteiger partial charge is 0.266 e. The quantitative estimate of drug-likeness (QED) is 0.167. The fourth-order valence-electron chi connectivity index (χ4n) is 3.75. The Bertz CT molecular complexity index is 1260. The zero-order valence-electron chi connectivity index (χ0n) is 19.3. The minimum atomic E-state index is -1.67. The number of imidazole rings is 1. The molecule has 0 N–H and O–H groups in total. The lowest BCUT2D eigenvalue weighted by Crippen LogP contribution is -2.38. The Labute approximate surface area is 214 Å². The molecule has 0 unspecified atom stereocenters. The SMILES string of the molecule is C[Si](CCl)(CCl)CCCn1cnc2c(N(C(=O)c3ccccc3)C(=O)c3ccccc3)ncnc21. The van der Waals surface area contributed by atoms with Crippen molar-refractivity contribution in [1.29, 1.82) is 0 Å². The van der Waals surface area contributed by atoms with E-state index in [1.54, 1.807) is 54.9 Å². The fraction of sp³-hybridized carbons (Fsp3) is 0.240. The first-order valence-corrected chi connectivity index (χ1v) is 15.4. The molecule has 2 heterocycles. The summed E-state index contributed by atoms with van der Waals surface area (Å²) in [6, 6.07) is 18.3. The molecule has 0 atom stereocenters. The van der Waals surface area contributed by atoms with Crippen molar-refractivity contribution in [2.75, 3.05) is 15.9 Å². The lowest BCUT2D eigenvalue weighted by atomic mass is 10.1. The molecule has 0 saturated carbocycles. The van der Waals surface area contributed by atoms with Crippen molar-refractivity contribution in [3.05, 3.63) is 84.4 Å². The van der Waals surface area contributed by atoms with Crippen molar-refractivity contribution in [2.24, 2.45) is 0 Å². The summed E-state index contributed by atoms with van der Waals surface area (Å²) < 4.78 is 1.91. The number of rotatable bonds is 9. The standard InChI is InChI=1S/C25H25Cl2N5O2Si/c1-35(15-26,16-27)14-8-13-31-18-30-21-22(31)28-17-29-23(21)32(24(33)19-9-4-2-5-10-19)25(34)20-11-6-3-7-12-20/h2-7,9-12,17-18H,8,13-16H2,1H3. The minimum Gasteiger partial charge on any atom is -0.315 e. The number of halogens is 2. The van der Waals surface area contributed by atoms with E-state index in [-0.39, 0.29) is 5.82 Å². The summed E-state index contributed by atoms with van der Waals surface area (Å²) in [5, 5.41) is 0. The molecule has 2 aromatic heterocycles. The number of aromatic nitrogens is 4. The van der Waals surface area contributed by atoms with Gasteiger partial charge in [0.2, 0.25) is 0 Å². The molecule has 0 aliphatic heterocycles. The average molecular weight is 527 g/mol. The molecule has 0 aliphatic rings. The number of nitrogens with zero attached hydrogens (tertiary/aromatic N) is 5. The van der Waals surface area contributed by atoms with Crippen LogP contribution in [0.2, 0.25) is 12.6 Å². The topological polar surface area (TPSA) is 81.0 Å². The first kappa shape index (κ1) is 25.0. The van der Waals surface area contributed by atoms with Gasteiger partial charge in [-0.1, -0.05) is 49.0 Å². The van der Waals surface area contributed by atoms with E-state index < -0.39 is 19.9 Å². The van der Waals surface area contributed by atoms with Gasteiger partial charge < -0.3 is 4.57 Å². The van der Waals surface area contributed by atoms with Gasteiger partial charge in [-0.25, -0.2) is 19.9 Å². The Morgan fingerprint density at radius 3 is 2.00 bits per heavy atom. The van der Waals surface area contributed by atoms with Crippen molar-refractivity contribution in [3.63, 3.8) is 0 Å². The van der Waals surface area contributed by atoms with Crippen LogP contribution < -0.4 is 4.90 Å². The van der Waals surface area contributed by atoms with Gasteiger partial charge >= 0.3 is 0 Å². The summed E-state index contributed by atoms with van der Waals surface area (Å²) in [4.78, 5) is 41.4. The summed E-state index contributed by atoms with van der Waals surface area (Å²) >= 11 is 12.3. The maximum absolute atomic E-state index is 13.5. The predicted octanol–water partition coefficient (Wildman–Crippen LogP) is 5.34. The van der Waals surface area contributed by atoms with Crippen LogP contribution in [0.1, 0.15) is 27.1 Å². The average Bonchev–Trinajstić information content (AvgIpc) is 3.33. The van der Waals surface area contributed by atoms with Gasteiger partial charge in [-0.3, -0.25) is 9.59 Å². The largest absolute Gasteiger partial charge is 0.315 e. The van der Waals surface area contributed by atoms with Gasteiger partial charge in [0.1, 0.15) is 6.33 Å². The van der Waals surface area contributed by atoms with Crippen molar-refractivity contribution in [3.8, 4) is 0 Å². The molecule has 0 radical (unpaired) electrons. The molecule has 0 spiro atoms. The number of carbonyl (C=O) groups is 2. The minimum absolute atomic E-state index is 0.150. The number of imide groups is 1. The summed E-state index contributed by atoms with van der Waals surface area (Å²) in [6.07, 6.45) is 3.90. The first-order chi connectivity index (χ1) is 17.0. The van der Waals surface area contributed by atoms with Gasteiger partial charge in [-0.15, -0.1) is 23.2 Å². The third kappa shape index (κ3) is 5.45. The van der Waals surface area contributed by atoms with E-state index in [0.717, 1.165) is 17.4 Å². The molecule has 2 aromatic carbocycles. The monoisotopic (exact) mass is 525 g/mol. The molecule has 7 nitrogen and oxygen atoms in total. The molecule has 0 saturated heterocycles. The number of carbonyl (C=O) groups excluding carboxylic acids is 2. The lowest BCUT2D eigenvalue weighted by molar-refractivity contribution is 0.0897. The summed E-state index contributed by atoms with van der Waals surface area (Å²) in [6.45, 7) is 2.87. The van der Waals surface area contributed by atoms with Crippen LogP contribution >= 0.6 is 23.2 Å².